The molecule has 2 aromatic rings. The monoisotopic (exact) mass is 384 g/mol. The Labute approximate surface area is 164 Å². The van der Waals surface area contributed by atoms with Crippen LogP contribution in [0.3, 0.4) is 0 Å². The van der Waals surface area contributed by atoms with Gasteiger partial charge in [0.1, 0.15) is 11.6 Å². The summed E-state index contributed by atoms with van der Waals surface area (Å²) < 4.78 is 18.9. The molecule has 5 nitrogen and oxygen atoms in total. The van der Waals surface area contributed by atoms with Crippen molar-refractivity contribution in [1.82, 2.24) is 4.90 Å². The van der Waals surface area contributed by atoms with Crippen molar-refractivity contribution in [3.63, 3.8) is 0 Å². The van der Waals surface area contributed by atoms with Gasteiger partial charge in [-0.2, -0.15) is 0 Å². The largest absolute Gasteiger partial charge is 0.495 e. The third kappa shape index (κ3) is 4.88. The molecule has 1 heterocycles. The first-order valence-electron chi connectivity index (χ1n) is 9.53. The summed E-state index contributed by atoms with van der Waals surface area (Å²) in [4.78, 5) is 26.7. The fourth-order valence-electron chi connectivity index (χ4n) is 3.47. The molecule has 0 spiro atoms. The summed E-state index contributed by atoms with van der Waals surface area (Å²) in [6.07, 6.45) is 1.90. The molecule has 0 radical (unpaired) electrons. The van der Waals surface area contributed by atoms with Gasteiger partial charge in [-0.15, -0.1) is 0 Å². The maximum Gasteiger partial charge on any atom is 0.227 e. The summed E-state index contributed by atoms with van der Waals surface area (Å²) in [5.41, 5.74) is 1.21. The number of carbonyl (C=O) groups is 2. The van der Waals surface area contributed by atoms with Gasteiger partial charge in [0.2, 0.25) is 11.8 Å². The normalized spacial score (nSPS) is 14.6. The van der Waals surface area contributed by atoms with Crippen molar-refractivity contribution in [2.45, 2.75) is 25.7 Å². The van der Waals surface area contributed by atoms with E-state index in [9.17, 15) is 14.0 Å². The highest BCUT2D eigenvalue weighted by Crippen LogP contribution is 2.26. The molecule has 1 saturated heterocycles. The molecule has 0 aromatic heterocycles. The van der Waals surface area contributed by atoms with Gasteiger partial charge in [0.25, 0.3) is 0 Å². The summed E-state index contributed by atoms with van der Waals surface area (Å²) in [5.74, 6) is 0.161. The Balaban J connectivity index is 1.47. The Morgan fingerprint density at radius 2 is 1.79 bits per heavy atom. The van der Waals surface area contributed by atoms with Crippen molar-refractivity contribution >= 4 is 17.5 Å². The van der Waals surface area contributed by atoms with E-state index in [0.717, 1.165) is 0 Å². The SMILES string of the molecule is COc1ccccc1NC(=O)C1CCN(C(=O)CCc2ccccc2F)CC1. The third-order valence-corrected chi connectivity index (χ3v) is 5.15. The molecule has 0 unspecified atom stereocenters. The highest BCUT2D eigenvalue weighted by Gasteiger charge is 2.27. The highest BCUT2D eigenvalue weighted by atomic mass is 19.1. The van der Waals surface area contributed by atoms with Crippen LogP contribution in [0.1, 0.15) is 24.8 Å². The topological polar surface area (TPSA) is 58.6 Å². The maximum absolute atomic E-state index is 13.7. The average molecular weight is 384 g/mol. The van der Waals surface area contributed by atoms with Crippen LogP contribution in [0, 0.1) is 11.7 Å². The van der Waals surface area contributed by atoms with E-state index >= 15 is 0 Å². The van der Waals surface area contributed by atoms with Gasteiger partial charge in [0, 0.05) is 25.4 Å². The van der Waals surface area contributed by atoms with Crippen LogP contribution in [0.4, 0.5) is 10.1 Å². The maximum atomic E-state index is 13.7. The van der Waals surface area contributed by atoms with Crippen LogP contribution in [0.5, 0.6) is 5.75 Å². The molecule has 2 aromatic carbocycles. The number of amides is 2. The summed E-state index contributed by atoms with van der Waals surface area (Å²) in [7, 11) is 1.57. The summed E-state index contributed by atoms with van der Waals surface area (Å²) in [6, 6.07) is 13.8. The van der Waals surface area contributed by atoms with Crippen molar-refractivity contribution in [2.24, 2.45) is 5.92 Å². The van der Waals surface area contributed by atoms with E-state index < -0.39 is 0 Å². The quantitative estimate of drug-likeness (QED) is 0.827. The lowest BCUT2D eigenvalue weighted by atomic mass is 9.95. The number of nitrogens with one attached hydrogen (secondary N) is 1. The molecule has 28 heavy (non-hydrogen) atoms. The van der Waals surface area contributed by atoms with Crippen molar-refractivity contribution < 1.29 is 18.7 Å². The van der Waals surface area contributed by atoms with E-state index in [2.05, 4.69) is 5.32 Å². The minimum atomic E-state index is -0.276. The van der Waals surface area contributed by atoms with Crippen LogP contribution in [-0.2, 0) is 16.0 Å². The summed E-state index contributed by atoms with van der Waals surface area (Å²) in [5, 5.41) is 2.92. The van der Waals surface area contributed by atoms with Gasteiger partial charge < -0.3 is 15.0 Å². The molecule has 1 N–H and O–H groups in total. The number of carbonyl (C=O) groups excluding carboxylic acids is 2. The molecule has 0 atom stereocenters. The Morgan fingerprint density at radius 1 is 1.11 bits per heavy atom. The number of likely N-dealkylation sites (tertiary alicyclic amines) is 1. The van der Waals surface area contributed by atoms with Gasteiger partial charge in [-0.1, -0.05) is 30.3 Å². The number of halogens is 1. The number of aryl methyl sites for hydroxylation is 1. The van der Waals surface area contributed by atoms with E-state index in [4.69, 9.17) is 4.74 Å². The van der Waals surface area contributed by atoms with Gasteiger partial charge >= 0.3 is 0 Å². The van der Waals surface area contributed by atoms with Gasteiger partial charge in [0.15, 0.2) is 0 Å². The van der Waals surface area contributed by atoms with Crippen LogP contribution in [0.15, 0.2) is 48.5 Å². The first kappa shape index (κ1) is 19.9. The predicted molar refractivity (Wildman–Crippen MR) is 106 cm³/mol. The lowest BCUT2D eigenvalue weighted by Crippen LogP contribution is -2.41. The number of methoxy groups -OCH3 is 1. The van der Waals surface area contributed by atoms with Crippen molar-refractivity contribution in [3.05, 3.63) is 59.9 Å². The smallest absolute Gasteiger partial charge is 0.227 e. The molecular weight excluding hydrogens is 359 g/mol. The van der Waals surface area contributed by atoms with E-state index in [1.54, 1.807) is 42.3 Å². The molecule has 0 bridgehead atoms. The first-order chi connectivity index (χ1) is 13.6. The zero-order valence-corrected chi connectivity index (χ0v) is 16.0. The van der Waals surface area contributed by atoms with E-state index in [1.807, 2.05) is 12.1 Å². The molecule has 0 aliphatic carbocycles. The van der Waals surface area contributed by atoms with Gasteiger partial charge in [-0.05, 0) is 43.0 Å². The fourth-order valence-corrected chi connectivity index (χ4v) is 3.47. The number of hydrogen-bond acceptors (Lipinski definition) is 3. The van der Waals surface area contributed by atoms with E-state index in [0.29, 0.717) is 49.4 Å². The standard InChI is InChI=1S/C22H25FN2O3/c1-28-20-9-5-4-8-19(20)24-22(27)17-12-14-25(15-13-17)21(26)11-10-16-6-2-3-7-18(16)23/h2-9,17H,10-15H2,1H3,(H,24,27). The fraction of sp³-hybridized carbons (Fsp3) is 0.364. The predicted octanol–water partition coefficient (Wildman–Crippen LogP) is 3.64. The molecule has 3 rings (SSSR count). The van der Waals surface area contributed by atoms with E-state index in [-0.39, 0.29) is 30.0 Å². The number of benzene rings is 2. The molecule has 1 fully saturated rings. The molecule has 6 heteroatoms. The molecule has 0 saturated carbocycles. The Morgan fingerprint density at radius 3 is 2.50 bits per heavy atom. The van der Waals surface area contributed by atoms with Crippen LogP contribution in [0.2, 0.25) is 0 Å². The molecule has 1 aliphatic heterocycles. The van der Waals surface area contributed by atoms with Crippen molar-refractivity contribution in [2.75, 3.05) is 25.5 Å². The van der Waals surface area contributed by atoms with Crippen LogP contribution in [-0.4, -0.2) is 36.9 Å². The Bertz CT molecular complexity index is 832. The molecule has 2 amide bonds. The van der Waals surface area contributed by atoms with Crippen molar-refractivity contribution in [3.8, 4) is 5.75 Å². The number of ether oxygens (including phenoxy) is 1. The van der Waals surface area contributed by atoms with Crippen molar-refractivity contribution in [1.29, 1.82) is 0 Å². The number of para-hydroxylation sites is 2. The average Bonchev–Trinajstić information content (AvgIpc) is 2.73. The second-order valence-corrected chi connectivity index (χ2v) is 6.94. The number of anilines is 1. The van der Waals surface area contributed by atoms with Crippen LogP contribution >= 0.6 is 0 Å². The number of piperidine rings is 1. The van der Waals surface area contributed by atoms with E-state index in [1.165, 1.54) is 6.07 Å². The Hall–Kier alpha value is -2.89. The van der Waals surface area contributed by atoms with Gasteiger partial charge in [-0.3, -0.25) is 9.59 Å². The first-order valence-corrected chi connectivity index (χ1v) is 9.53. The summed E-state index contributed by atoms with van der Waals surface area (Å²) >= 11 is 0. The number of hydrogen-bond donors (Lipinski definition) is 1. The third-order valence-electron chi connectivity index (χ3n) is 5.15. The minimum Gasteiger partial charge on any atom is -0.495 e. The Kier molecular flexibility index (Phi) is 6.63. The lowest BCUT2D eigenvalue weighted by molar-refractivity contribution is -0.134. The molecule has 148 valence electrons. The number of nitrogens with zero attached hydrogens (tertiary/aromatic N) is 1. The second kappa shape index (κ2) is 9.35. The second-order valence-electron chi connectivity index (χ2n) is 6.94. The molecule has 1 aliphatic rings. The van der Waals surface area contributed by atoms with Crippen LogP contribution < -0.4 is 10.1 Å². The van der Waals surface area contributed by atoms with Crippen LogP contribution in [0.25, 0.3) is 0 Å². The zero-order chi connectivity index (χ0) is 19.9. The summed E-state index contributed by atoms with van der Waals surface area (Å²) in [6.45, 7) is 1.08. The van der Waals surface area contributed by atoms with Gasteiger partial charge in [-0.25, -0.2) is 4.39 Å². The lowest BCUT2D eigenvalue weighted by Gasteiger charge is -2.31. The number of rotatable bonds is 6. The van der Waals surface area contributed by atoms with Gasteiger partial charge in [0.05, 0.1) is 12.8 Å². The minimum absolute atomic E-state index is 0.00633. The highest BCUT2D eigenvalue weighted by molar-refractivity contribution is 5.94. The zero-order valence-electron chi connectivity index (χ0n) is 16.0. The molecular formula is C22H25FN2O3.